The first-order chi connectivity index (χ1) is 10.1. The Morgan fingerprint density at radius 3 is 2.71 bits per heavy atom. The van der Waals surface area contributed by atoms with Crippen LogP contribution in [0.25, 0.3) is 11.2 Å². The minimum atomic E-state index is -1.30. The highest BCUT2D eigenvalue weighted by atomic mass is 17.1. The monoisotopic (exact) mass is 299 g/mol. The number of imidazole rings is 1. The molecule has 0 bridgehead atoms. The second-order valence-corrected chi connectivity index (χ2v) is 4.54. The van der Waals surface area contributed by atoms with Gasteiger partial charge in [-0.25, -0.2) is 4.98 Å². The summed E-state index contributed by atoms with van der Waals surface area (Å²) in [5.41, 5.74) is 6.01. The number of hydrogen-bond acceptors (Lipinski definition) is 10. The fourth-order valence-electron chi connectivity index (χ4n) is 2.25. The van der Waals surface area contributed by atoms with Gasteiger partial charge in [0.1, 0.15) is 18.3 Å². The third-order valence-electron chi connectivity index (χ3n) is 3.30. The van der Waals surface area contributed by atoms with Gasteiger partial charge >= 0.3 is 6.01 Å². The Balaban J connectivity index is 2.07. The van der Waals surface area contributed by atoms with Gasteiger partial charge in [0.15, 0.2) is 23.2 Å². The van der Waals surface area contributed by atoms with Gasteiger partial charge in [-0.2, -0.15) is 15.2 Å². The van der Waals surface area contributed by atoms with E-state index < -0.39 is 37.2 Å². The van der Waals surface area contributed by atoms with Gasteiger partial charge in [0.25, 0.3) is 0 Å². The van der Waals surface area contributed by atoms with Crippen LogP contribution in [0.2, 0.25) is 0 Å². The van der Waals surface area contributed by atoms with Crippen LogP contribution in [0, 0.1) is 0 Å². The Labute approximate surface area is 117 Å². The number of rotatable bonds is 3. The van der Waals surface area contributed by atoms with Crippen LogP contribution in [0.5, 0.6) is 6.01 Å². The van der Waals surface area contributed by atoms with Crippen molar-refractivity contribution < 1.29 is 30.2 Å². The maximum Gasteiger partial charge on any atom is 0.357 e. The number of nitrogens with zero attached hydrogens (tertiary/aromatic N) is 4. The van der Waals surface area contributed by atoms with Crippen molar-refractivity contribution in [3.8, 4) is 6.01 Å². The molecule has 6 N–H and O–H groups in total. The maximum absolute atomic E-state index is 10.00. The van der Waals surface area contributed by atoms with Gasteiger partial charge in [-0.3, -0.25) is 9.45 Å². The van der Waals surface area contributed by atoms with Crippen LogP contribution in [-0.4, -0.2) is 65.0 Å². The van der Waals surface area contributed by atoms with E-state index in [1.807, 2.05) is 0 Å². The molecule has 0 aromatic carbocycles. The smallest absolute Gasteiger partial charge is 0.357 e. The Morgan fingerprint density at radius 2 is 2.10 bits per heavy atom. The molecule has 11 heteroatoms. The predicted octanol–water partition coefficient (Wildman–Crippen LogP) is -2.13. The molecule has 2 aromatic heterocycles. The third kappa shape index (κ3) is 2.07. The lowest BCUT2D eigenvalue weighted by atomic mass is 10.1. The number of hydrogen-bond donors (Lipinski definition) is 5. The topological polar surface area (TPSA) is 169 Å². The molecule has 3 rings (SSSR count). The largest absolute Gasteiger partial charge is 0.394 e. The molecule has 21 heavy (non-hydrogen) atoms. The van der Waals surface area contributed by atoms with E-state index in [2.05, 4.69) is 19.8 Å². The van der Waals surface area contributed by atoms with Gasteiger partial charge in [0, 0.05) is 0 Å². The van der Waals surface area contributed by atoms with E-state index in [0.29, 0.717) is 0 Å². The zero-order chi connectivity index (χ0) is 15.1. The second-order valence-electron chi connectivity index (χ2n) is 4.54. The molecule has 4 atom stereocenters. The minimum absolute atomic E-state index is 0.0328. The Bertz CT molecular complexity index is 663. The zero-order valence-electron chi connectivity index (χ0n) is 10.6. The van der Waals surface area contributed by atoms with Gasteiger partial charge in [-0.05, 0) is 0 Å². The average molecular weight is 299 g/mol. The van der Waals surface area contributed by atoms with Crippen LogP contribution in [0.3, 0.4) is 0 Å². The highest BCUT2D eigenvalue weighted by Crippen LogP contribution is 2.32. The van der Waals surface area contributed by atoms with Crippen molar-refractivity contribution in [1.82, 2.24) is 19.5 Å². The minimum Gasteiger partial charge on any atom is -0.394 e. The SMILES string of the molecule is Nc1nc(OO)nc2c1ncn2[C@@H]1O[C@H](CO)[C@@H](O)[C@H]1O. The van der Waals surface area contributed by atoms with Gasteiger partial charge in [-0.1, -0.05) is 0 Å². The summed E-state index contributed by atoms with van der Waals surface area (Å²) in [5, 5.41) is 37.5. The van der Waals surface area contributed by atoms with E-state index in [0.717, 1.165) is 0 Å². The van der Waals surface area contributed by atoms with Crippen molar-refractivity contribution in [2.24, 2.45) is 0 Å². The summed E-state index contributed by atoms with van der Waals surface area (Å²) in [4.78, 5) is 15.5. The van der Waals surface area contributed by atoms with E-state index >= 15 is 0 Å². The average Bonchev–Trinajstić information content (AvgIpc) is 3.02. The van der Waals surface area contributed by atoms with Crippen LogP contribution in [-0.2, 0) is 4.74 Å². The summed E-state index contributed by atoms with van der Waals surface area (Å²) in [5.74, 6) is -0.0328. The number of fused-ring (bicyclic) bond motifs is 1. The van der Waals surface area contributed by atoms with Crippen molar-refractivity contribution in [1.29, 1.82) is 0 Å². The molecule has 0 amide bonds. The Hall–Kier alpha value is -2.05. The van der Waals surface area contributed by atoms with Gasteiger partial charge < -0.3 is 25.8 Å². The van der Waals surface area contributed by atoms with E-state index in [9.17, 15) is 10.2 Å². The van der Waals surface area contributed by atoms with Crippen molar-refractivity contribution >= 4 is 17.0 Å². The predicted molar refractivity (Wildman–Crippen MR) is 66.0 cm³/mol. The number of nitrogens with two attached hydrogens (primary N) is 1. The molecule has 3 heterocycles. The molecular weight excluding hydrogens is 286 g/mol. The molecule has 2 aromatic rings. The molecule has 1 aliphatic heterocycles. The molecule has 1 saturated heterocycles. The number of aliphatic hydroxyl groups is 3. The summed E-state index contributed by atoms with van der Waals surface area (Å²) in [6.07, 6.45) is -3.23. The lowest BCUT2D eigenvalue weighted by Crippen LogP contribution is -2.33. The van der Waals surface area contributed by atoms with Crippen molar-refractivity contribution in [2.45, 2.75) is 24.5 Å². The lowest BCUT2D eigenvalue weighted by molar-refractivity contribution is -0.145. The summed E-state index contributed by atoms with van der Waals surface area (Å²) in [6.45, 7) is -0.455. The first-order valence-corrected chi connectivity index (χ1v) is 6.00. The van der Waals surface area contributed by atoms with Crippen molar-refractivity contribution in [3.05, 3.63) is 6.33 Å². The number of aliphatic hydroxyl groups excluding tert-OH is 3. The summed E-state index contributed by atoms with van der Waals surface area (Å²) >= 11 is 0. The van der Waals surface area contributed by atoms with Gasteiger partial charge in [0.05, 0.1) is 12.9 Å². The molecule has 1 aliphatic rings. The number of nitrogen functional groups attached to an aromatic ring is 1. The third-order valence-corrected chi connectivity index (χ3v) is 3.30. The molecule has 0 spiro atoms. The summed E-state index contributed by atoms with van der Waals surface area (Å²) in [6, 6.07) is -0.395. The molecule has 1 fully saturated rings. The highest BCUT2D eigenvalue weighted by molar-refractivity contribution is 5.82. The van der Waals surface area contributed by atoms with E-state index in [1.165, 1.54) is 10.9 Å². The van der Waals surface area contributed by atoms with Crippen LogP contribution < -0.4 is 10.6 Å². The fraction of sp³-hybridized carbons (Fsp3) is 0.500. The second kappa shape index (κ2) is 5.05. The Morgan fingerprint density at radius 1 is 1.33 bits per heavy atom. The van der Waals surface area contributed by atoms with Gasteiger partial charge in [-0.15, -0.1) is 0 Å². The number of anilines is 1. The van der Waals surface area contributed by atoms with Crippen LogP contribution in [0.1, 0.15) is 6.23 Å². The highest BCUT2D eigenvalue weighted by Gasteiger charge is 2.44. The molecular formula is C10H13N5O6. The normalized spacial score (nSPS) is 29.1. The van der Waals surface area contributed by atoms with E-state index in [1.54, 1.807) is 0 Å². The van der Waals surface area contributed by atoms with Crippen LogP contribution >= 0.6 is 0 Å². The molecule has 0 radical (unpaired) electrons. The number of aromatic nitrogens is 4. The maximum atomic E-state index is 10.00. The molecule has 114 valence electrons. The van der Waals surface area contributed by atoms with Gasteiger partial charge in [0.2, 0.25) is 0 Å². The number of ether oxygens (including phenoxy) is 1. The van der Waals surface area contributed by atoms with E-state index in [-0.39, 0.29) is 17.0 Å². The van der Waals surface area contributed by atoms with E-state index in [4.69, 9.17) is 20.8 Å². The first-order valence-electron chi connectivity index (χ1n) is 6.00. The lowest BCUT2D eigenvalue weighted by Gasteiger charge is -2.16. The molecule has 0 saturated carbocycles. The molecule has 11 nitrogen and oxygen atoms in total. The molecule has 0 unspecified atom stereocenters. The standard InChI is InChI=1S/C10H13N5O6/c11-7-4-8(14-10(13-7)21-19)15(2-12-4)9-6(18)5(17)3(1-16)20-9/h2-3,5-6,9,16-19H,1H2,(H2,11,13,14)/t3-,5-,6-,9-/m1/s1. The summed E-state index contributed by atoms with van der Waals surface area (Å²) < 4.78 is 6.67. The van der Waals surface area contributed by atoms with Crippen LogP contribution in [0.15, 0.2) is 6.33 Å². The summed E-state index contributed by atoms with van der Waals surface area (Å²) in [7, 11) is 0. The van der Waals surface area contributed by atoms with Crippen LogP contribution in [0.4, 0.5) is 5.82 Å². The van der Waals surface area contributed by atoms with Crippen molar-refractivity contribution in [3.63, 3.8) is 0 Å². The quantitative estimate of drug-likeness (QED) is 0.311. The zero-order valence-corrected chi connectivity index (χ0v) is 10.6. The first kappa shape index (κ1) is 13.9. The van der Waals surface area contributed by atoms with Crippen molar-refractivity contribution in [2.75, 3.05) is 12.3 Å². The Kier molecular flexibility index (Phi) is 3.35. The fourth-order valence-corrected chi connectivity index (χ4v) is 2.25. The molecule has 0 aliphatic carbocycles.